The first kappa shape index (κ1) is 9.00. The van der Waals surface area contributed by atoms with Gasteiger partial charge < -0.3 is 4.90 Å². The Kier molecular flexibility index (Phi) is 2.28. The van der Waals surface area contributed by atoms with E-state index in [0.717, 1.165) is 12.6 Å². The number of hydrogen-bond donors (Lipinski definition) is 1. The fourth-order valence-corrected chi connectivity index (χ4v) is 2.42. The Labute approximate surface area is 79.5 Å². The summed E-state index contributed by atoms with van der Waals surface area (Å²) in [6.07, 6.45) is 3.67. The molecule has 0 aromatic heterocycles. The van der Waals surface area contributed by atoms with Gasteiger partial charge >= 0.3 is 0 Å². The van der Waals surface area contributed by atoms with Gasteiger partial charge in [-0.2, -0.15) is 0 Å². The van der Waals surface area contributed by atoms with Crippen LogP contribution in [-0.4, -0.2) is 29.6 Å². The topological polar surface area (TPSA) is 32.3 Å². The zero-order valence-electron chi connectivity index (χ0n) is 8.42. The maximum atomic E-state index is 11.7. The van der Waals surface area contributed by atoms with Crippen molar-refractivity contribution < 1.29 is 4.79 Å². The van der Waals surface area contributed by atoms with Crippen molar-refractivity contribution in [2.24, 2.45) is 5.92 Å². The summed E-state index contributed by atoms with van der Waals surface area (Å²) >= 11 is 0. The summed E-state index contributed by atoms with van der Waals surface area (Å²) in [5.74, 6) is 1.09. The second-order valence-corrected chi connectivity index (χ2v) is 4.46. The molecule has 1 amide bonds. The first-order chi connectivity index (χ1) is 6.18. The average molecular weight is 182 g/mol. The van der Waals surface area contributed by atoms with Gasteiger partial charge in [0.2, 0.25) is 5.91 Å². The molecule has 1 aliphatic carbocycles. The van der Waals surface area contributed by atoms with Crippen LogP contribution in [0.5, 0.6) is 0 Å². The molecule has 3 heteroatoms. The molecule has 0 radical (unpaired) electrons. The Morgan fingerprint density at radius 3 is 2.62 bits per heavy atom. The summed E-state index contributed by atoms with van der Waals surface area (Å²) in [5.41, 5.74) is 0. The van der Waals surface area contributed by atoms with Crippen molar-refractivity contribution in [1.82, 2.24) is 10.2 Å². The molecule has 3 nitrogen and oxygen atoms in total. The zero-order chi connectivity index (χ0) is 9.42. The molecule has 0 spiro atoms. The van der Waals surface area contributed by atoms with Crippen LogP contribution in [0.15, 0.2) is 0 Å². The van der Waals surface area contributed by atoms with Crippen molar-refractivity contribution in [3.05, 3.63) is 0 Å². The third kappa shape index (κ3) is 1.57. The minimum Gasteiger partial charge on any atom is -0.326 e. The molecule has 13 heavy (non-hydrogen) atoms. The van der Waals surface area contributed by atoms with Crippen LogP contribution in [0.1, 0.15) is 33.1 Å². The molecule has 0 aromatic carbocycles. The lowest BCUT2D eigenvalue weighted by Crippen LogP contribution is -2.36. The molecular formula is C10H18N2O. The zero-order valence-corrected chi connectivity index (χ0v) is 8.42. The van der Waals surface area contributed by atoms with E-state index in [2.05, 4.69) is 12.2 Å². The van der Waals surface area contributed by atoms with Crippen LogP contribution in [0.3, 0.4) is 0 Å². The second kappa shape index (κ2) is 3.29. The first-order valence-corrected chi connectivity index (χ1v) is 5.22. The van der Waals surface area contributed by atoms with Crippen LogP contribution in [0.4, 0.5) is 0 Å². The predicted molar refractivity (Wildman–Crippen MR) is 51.1 cm³/mol. The van der Waals surface area contributed by atoms with E-state index in [0.29, 0.717) is 11.9 Å². The van der Waals surface area contributed by atoms with Gasteiger partial charge in [0.25, 0.3) is 0 Å². The van der Waals surface area contributed by atoms with Gasteiger partial charge in [-0.05, 0) is 32.1 Å². The molecule has 1 N–H and O–H groups in total. The molecule has 2 rings (SSSR count). The van der Waals surface area contributed by atoms with E-state index in [-0.39, 0.29) is 6.04 Å². The van der Waals surface area contributed by atoms with Gasteiger partial charge in [-0.15, -0.1) is 0 Å². The molecule has 2 fully saturated rings. The van der Waals surface area contributed by atoms with Gasteiger partial charge in [0.1, 0.15) is 0 Å². The van der Waals surface area contributed by atoms with Crippen LogP contribution >= 0.6 is 0 Å². The maximum absolute atomic E-state index is 11.7. The molecule has 3 atom stereocenters. The third-order valence-electron chi connectivity index (χ3n) is 3.33. The lowest BCUT2D eigenvalue weighted by atomic mass is 10.1. The Morgan fingerprint density at radius 1 is 1.38 bits per heavy atom. The molecule has 74 valence electrons. The average Bonchev–Trinajstić information content (AvgIpc) is 2.62. The number of hydrogen-bond acceptors (Lipinski definition) is 2. The number of nitrogens with zero attached hydrogens (tertiary/aromatic N) is 1. The van der Waals surface area contributed by atoms with E-state index in [1.54, 1.807) is 0 Å². The minimum absolute atomic E-state index is 0.0379. The smallest absolute Gasteiger partial charge is 0.240 e. The lowest BCUT2D eigenvalue weighted by Gasteiger charge is -2.23. The molecular weight excluding hydrogens is 164 g/mol. The fraction of sp³-hybridized carbons (Fsp3) is 0.900. The number of nitrogens with one attached hydrogen (secondary N) is 1. The van der Waals surface area contributed by atoms with Gasteiger partial charge in [-0.1, -0.05) is 6.92 Å². The summed E-state index contributed by atoms with van der Waals surface area (Å²) in [6, 6.07) is 0.552. The third-order valence-corrected chi connectivity index (χ3v) is 3.33. The number of carbonyl (C=O) groups excluding carboxylic acids is 1. The summed E-state index contributed by atoms with van der Waals surface area (Å²) in [7, 11) is 0. The van der Waals surface area contributed by atoms with Crippen LogP contribution < -0.4 is 5.32 Å². The minimum atomic E-state index is 0.0379. The van der Waals surface area contributed by atoms with Crippen LogP contribution in [0.25, 0.3) is 0 Å². The molecule has 1 heterocycles. The maximum Gasteiger partial charge on any atom is 0.240 e. The Bertz CT molecular complexity index is 217. The van der Waals surface area contributed by atoms with Gasteiger partial charge in [0, 0.05) is 6.04 Å². The van der Waals surface area contributed by atoms with Crippen LogP contribution in [-0.2, 0) is 4.79 Å². The van der Waals surface area contributed by atoms with E-state index >= 15 is 0 Å². The van der Waals surface area contributed by atoms with Crippen LogP contribution in [0.2, 0.25) is 0 Å². The van der Waals surface area contributed by atoms with Gasteiger partial charge in [-0.25, -0.2) is 0 Å². The largest absolute Gasteiger partial charge is 0.326 e. The van der Waals surface area contributed by atoms with E-state index in [9.17, 15) is 4.79 Å². The monoisotopic (exact) mass is 182 g/mol. The summed E-state index contributed by atoms with van der Waals surface area (Å²) in [6.45, 7) is 4.98. The van der Waals surface area contributed by atoms with Crippen LogP contribution in [0, 0.1) is 5.92 Å². The Morgan fingerprint density at radius 2 is 2.15 bits per heavy atom. The molecule has 0 aromatic rings. The predicted octanol–water partition coefficient (Wildman–Crippen LogP) is 0.953. The van der Waals surface area contributed by atoms with E-state index in [1.165, 1.54) is 19.3 Å². The van der Waals surface area contributed by atoms with E-state index < -0.39 is 0 Å². The molecule has 2 aliphatic rings. The van der Waals surface area contributed by atoms with Gasteiger partial charge in [-0.3, -0.25) is 10.1 Å². The molecule has 1 aliphatic heterocycles. The number of amides is 1. The fourth-order valence-electron chi connectivity index (χ4n) is 2.42. The standard InChI is InChI=1S/C10H18N2O/c1-7-3-4-9(5-7)12-6-11-8(2)10(12)13/h7-9,11H,3-6H2,1-2H3. The molecule has 1 saturated carbocycles. The summed E-state index contributed by atoms with van der Waals surface area (Å²) in [4.78, 5) is 13.7. The second-order valence-electron chi connectivity index (χ2n) is 4.46. The van der Waals surface area contributed by atoms with Crippen molar-refractivity contribution in [2.45, 2.75) is 45.2 Å². The van der Waals surface area contributed by atoms with E-state index in [1.807, 2.05) is 11.8 Å². The Balaban J connectivity index is 1.98. The van der Waals surface area contributed by atoms with Crippen molar-refractivity contribution in [1.29, 1.82) is 0 Å². The lowest BCUT2D eigenvalue weighted by molar-refractivity contribution is -0.130. The highest BCUT2D eigenvalue weighted by molar-refractivity contribution is 5.83. The first-order valence-electron chi connectivity index (χ1n) is 5.22. The van der Waals surface area contributed by atoms with Crippen molar-refractivity contribution in [3.63, 3.8) is 0 Å². The van der Waals surface area contributed by atoms with Crippen molar-refractivity contribution >= 4 is 5.91 Å². The molecule has 3 unspecified atom stereocenters. The quantitative estimate of drug-likeness (QED) is 0.655. The molecule has 1 saturated heterocycles. The number of carbonyl (C=O) groups is 1. The highest BCUT2D eigenvalue weighted by Gasteiger charge is 2.35. The van der Waals surface area contributed by atoms with Gasteiger partial charge in [0.05, 0.1) is 12.7 Å². The summed E-state index contributed by atoms with van der Waals surface area (Å²) < 4.78 is 0. The molecule has 0 bridgehead atoms. The summed E-state index contributed by atoms with van der Waals surface area (Å²) in [5, 5.41) is 3.19. The highest BCUT2D eigenvalue weighted by atomic mass is 16.2. The normalized spacial score (nSPS) is 40.3. The van der Waals surface area contributed by atoms with Crippen molar-refractivity contribution in [3.8, 4) is 0 Å². The number of rotatable bonds is 1. The van der Waals surface area contributed by atoms with Gasteiger partial charge in [0.15, 0.2) is 0 Å². The Hall–Kier alpha value is -0.570. The SMILES string of the molecule is CC1CCC(N2CNC(C)C2=O)C1. The van der Waals surface area contributed by atoms with Crippen molar-refractivity contribution in [2.75, 3.05) is 6.67 Å². The van der Waals surface area contributed by atoms with E-state index in [4.69, 9.17) is 0 Å². The highest BCUT2D eigenvalue weighted by Crippen LogP contribution is 2.29.